The molecule has 7 nitrogen and oxygen atoms in total. The third-order valence-electron chi connectivity index (χ3n) is 10.6. The van der Waals surface area contributed by atoms with E-state index in [1.54, 1.807) is 0 Å². The van der Waals surface area contributed by atoms with Crippen molar-refractivity contribution in [1.29, 1.82) is 0 Å². The first-order valence-corrected chi connectivity index (χ1v) is 20.3. The molecule has 49 heavy (non-hydrogen) atoms. The molecule has 2 aromatic carbocycles. The molecular weight excluding hydrogens is 653 g/mol. The predicted molar refractivity (Wildman–Crippen MR) is 201 cm³/mol. The summed E-state index contributed by atoms with van der Waals surface area (Å²) >= 11 is -2.02. The molecule has 1 N–H and O–H groups in total. The van der Waals surface area contributed by atoms with Crippen LogP contribution in [0.5, 0.6) is 0 Å². The normalized spacial score (nSPS) is 20.7. The Balaban J connectivity index is 1.43. The van der Waals surface area contributed by atoms with Gasteiger partial charge in [0.25, 0.3) is 10.1 Å². The van der Waals surface area contributed by atoms with E-state index in [2.05, 4.69) is 119 Å². The van der Waals surface area contributed by atoms with Gasteiger partial charge >= 0.3 is 0 Å². The van der Waals surface area contributed by atoms with E-state index in [0.29, 0.717) is 25.8 Å². The number of nitrogens with zero attached hydrogens (tertiary/aromatic N) is 2. The van der Waals surface area contributed by atoms with Crippen LogP contribution < -0.4 is 4.90 Å². The van der Waals surface area contributed by atoms with Gasteiger partial charge in [0.15, 0.2) is 5.71 Å². The number of hydrogen-bond donors (Lipinski definition) is 1. The van der Waals surface area contributed by atoms with Crippen LogP contribution in [-0.2, 0) is 32.0 Å². The van der Waals surface area contributed by atoms with E-state index in [9.17, 15) is 21.7 Å². The summed E-state index contributed by atoms with van der Waals surface area (Å²) in [5, 5.41) is 0. The average Bonchev–Trinajstić information content (AvgIpc) is 3.54. The van der Waals surface area contributed by atoms with Crippen LogP contribution in [0.2, 0.25) is 0 Å². The highest BCUT2D eigenvalue weighted by atomic mass is 32.2. The highest BCUT2D eigenvalue weighted by Crippen LogP contribution is 2.48. The molecule has 1 atom stereocenters. The first-order valence-electron chi connectivity index (χ1n) is 17.5. The maximum Gasteiger partial charge on any atom is 0.264 e. The van der Waals surface area contributed by atoms with Crippen molar-refractivity contribution in [3.05, 3.63) is 105 Å². The zero-order valence-electron chi connectivity index (χ0n) is 30.1. The summed E-state index contributed by atoms with van der Waals surface area (Å²) in [5.41, 5.74) is 13.4. The highest BCUT2D eigenvalue weighted by Gasteiger charge is 2.44. The van der Waals surface area contributed by atoms with Gasteiger partial charge in [-0.2, -0.15) is 13.0 Å². The molecule has 1 unspecified atom stereocenters. The first-order chi connectivity index (χ1) is 23.0. The number of allylic oxidation sites excluding steroid dienone is 8. The topological polar surface area (TPSA) is 101 Å². The van der Waals surface area contributed by atoms with Gasteiger partial charge in [-0.05, 0) is 107 Å². The maximum absolute atomic E-state index is 11.3. The Hall–Kier alpha value is -3.11. The first kappa shape index (κ1) is 37.2. The van der Waals surface area contributed by atoms with Crippen molar-refractivity contribution in [2.24, 2.45) is 0 Å². The average molecular weight is 705 g/mol. The molecule has 3 aliphatic rings. The lowest BCUT2D eigenvalue weighted by atomic mass is 9.80. The molecular formula is C40H52N2O5S2. The van der Waals surface area contributed by atoms with Gasteiger partial charge in [0.05, 0.1) is 11.2 Å². The van der Waals surface area contributed by atoms with Crippen LogP contribution in [0.25, 0.3) is 0 Å². The molecule has 0 spiro atoms. The van der Waals surface area contributed by atoms with Gasteiger partial charge in [0.2, 0.25) is 5.69 Å². The van der Waals surface area contributed by atoms with Gasteiger partial charge in [-0.3, -0.25) is 8.76 Å². The van der Waals surface area contributed by atoms with Crippen LogP contribution in [0.1, 0.15) is 95.4 Å². The lowest BCUT2D eigenvalue weighted by Crippen LogP contribution is -2.28. The van der Waals surface area contributed by atoms with E-state index in [4.69, 9.17) is 0 Å². The van der Waals surface area contributed by atoms with E-state index in [-0.39, 0.29) is 22.3 Å². The number of anilines is 1. The summed E-state index contributed by atoms with van der Waals surface area (Å²) in [7, 11) is -3.98. The second-order valence-electron chi connectivity index (χ2n) is 14.9. The van der Waals surface area contributed by atoms with E-state index >= 15 is 0 Å². The van der Waals surface area contributed by atoms with Crippen molar-refractivity contribution < 1.29 is 26.3 Å². The zero-order chi connectivity index (χ0) is 35.7. The smallest absolute Gasteiger partial charge is 0.264 e. The van der Waals surface area contributed by atoms with Crippen LogP contribution in [0.15, 0.2) is 83.1 Å². The summed E-state index contributed by atoms with van der Waals surface area (Å²) in [5.74, 6) is -0.0348. The Morgan fingerprint density at radius 1 is 0.898 bits per heavy atom. The number of unbranched alkanes of at least 4 members (excludes halogenated alkanes) is 2. The van der Waals surface area contributed by atoms with Gasteiger partial charge in [0, 0.05) is 53.2 Å². The van der Waals surface area contributed by atoms with Crippen LogP contribution >= 0.6 is 0 Å². The third kappa shape index (κ3) is 8.11. The molecule has 0 aromatic heterocycles. The molecule has 2 aliphatic heterocycles. The quantitative estimate of drug-likeness (QED) is 0.0975. The molecule has 0 saturated heterocycles. The van der Waals surface area contributed by atoms with Gasteiger partial charge in [-0.25, -0.2) is 0 Å². The van der Waals surface area contributed by atoms with E-state index in [1.807, 2.05) is 0 Å². The van der Waals surface area contributed by atoms with Crippen molar-refractivity contribution in [3.63, 3.8) is 0 Å². The lowest BCUT2D eigenvalue weighted by molar-refractivity contribution is -0.438. The second-order valence-corrected chi connectivity index (χ2v) is 17.5. The Morgan fingerprint density at radius 2 is 1.59 bits per heavy atom. The monoisotopic (exact) mass is 704 g/mol. The number of rotatable bonds is 13. The SMILES string of the molecule is CC1=C(/C=C/C2=[N+](CCCCS(=O)[O-])c3ccc(C)cc3C2(C)C)CC/C1=C\C=C1\N(CCCCS(=O)(=O)O)c2ccc(C)cc2C1(C)C. The molecule has 0 bridgehead atoms. The van der Waals surface area contributed by atoms with E-state index < -0.39 is 21.2 Å². The fourth-order valence-corrected chi connectivity index (χ4v) is 8.74. The third-order valence-corrected chi connectivity index (χ3v) is 12.0. The van der Waals surface area contributed by atoms with Crippen molar-refractivity contribution >= 4 is 38.3 Å². The minimum absolute atomic E-state index is 0.179. The minimum atomic E-state index is -3.98. The van der Waals surface area contributed by atoms with Crippen LogP contribution in [0, 0.1) is 13.8 Å². The summed E-state index contributed by atoms with van der Waals surface area (Å²) in [6.45, 7) is 17.0. The largest absolute Gasteiger partial charge is 0.772 e. The Labute approximate surface area is 296 Å². The van der Waals surface area contributed by atoms with Crippen LogP contribution in [-0.4, -0.2) is 56.6 Å². The maximum atomic E-state index is 11.3. The molecule has 0 fully saturated rings. The van der Waals surface area contributed by atoms with Crippen molar-refractivity contribution in [2.75, 3.05) is 29.5 Å². The van der Waals surface area contributed by atoms with Crippen LogP contribution in [0.4, 0.5) is 11.4 Å². The number of benzene rings is 2. The summed E-state index contributed by atoms with van der Waals surface area (Å²) in [6, 6.07) is 13.2. The molecule has 5 rings (SSSR count). The van der Waals surface area contributed by atoms with Crippen LogP contribution in [0.3, 0.4) is 0 Å². The van der Waals surface area contributed by atoms with E-state index in [1.165, 1.54) is 56.1 Å². The number of aryl methyl sites for hydroxylation is 2. The van der Waals surface area contributed by atoms with Gasteiger partial charge in [-0.15, -0.1) is 0 Å². The van der Waals surface area contributed by atoms with Gasteiger partial charge < -0.3 is 9.45 Å². The summed E-state index contributed by atoms with van der Waals surface area (Å²) in [4.78, 5) is 2.33. The Bertz CT molecular complexity index is 1910. The van der Waals surface area contributed by atoms with Gasteiger partial charge in [-0.1, -0.05) is 66.4 Å². The second kappa shape index (κ2) is 14.6. The number of hydrogen-bond acceptors (Lipinski definition) is 5. The Kier molecular flexibility index (Phi) is 11.1. The molecule has 9 heteroatoms. The summed E-state index contributed by atoms with van der Waals surface area (Å²) in [6.07, 6.45) is 13.5. The molecule has 2 heterocycles. The fraction of sp³-hybridized carbons (Fsp3) is 0.475. The van der Waals surface area contributed by atoms with E-state index in [0.717, 1.165) is 31.5 Å². The highest BCUT2D eigenvalue weighted by molar-refractivity contribution is 7.85. The molecule has 0 saturated carbocycles. The molecule has 0 radical (unpaired) electrons. The van der Waals surface area contributed by atoms with Crippen molar-refractivity contribution in [1.82, 2.24) is 0 Å². The van der Waals surface area contributed by atoms with Gasteiger partial charge in [0.1, 0.15) is 6.54 Å². The number of fused-ring (bicyclic) bond motifs is 2. The molecule has 264 valence electrons. The minimum Gasteiger partial charge on any atom is -0.772 e. The lowest BCUT2D eigenvalue weighted by Gasteiger charge is -2.27. The molecule has 1 aliphatic carbocycles. The summed E-state index contributed by atoms with van der Waals surface area (Å²) < 4.78 is 56.6. The fourth-order valence-electron chi connectivity index (χ4n) is 7.73. The Morgan fingerprint density at radius 3 is 2.29 bits per heavy atom. The van der Waals surface area contributed by atoms with Crippen molar-refractivity contribution in [3.8, 4) is 0 Å². The standard InChI is InChI=1S/C40H52N2O5S2/c1-28-12-18-35-33(26-28)39(4,5)37(41(35)22-8-10-24-48(43)44)20-16-31-14-15-32(30(31)3)17-21-38-40(6,7)34-27-29(2)13-19-36(34)42(38)23-9-11-25-49(45,46)47/h12-13,16-21,26-27H,8-11,14-15,22-25H2,1-7H3,(H-,43,44,45,46,47). The predicted octanol–water partition coefficient (Wildman–Crippen LogP) is 8.28. The van der Waals surface area contributed by atoms with Crippen molar-refractivity contribution in [2.45, 2.75) is 97.8 Å². The molecule has 2 aromatic rings. The molecule has 0 amide bonds. The zero-order valence-corrected chi connectivity index (χ0v) is 31.8.